The third-order valence-electron chi connectivity index (χ3n) is 7.77. The van der Waals surface area contributed by atoms with Crippen LogP contribution >= 0.6 is 15.9 Å². The Morgan fingerprint density at radius 2 is 1.92 bits per heavy atom. The zero-order valence-electron chi connectivity index (χ0n) is 15.5. The number of ketones is 1. The number of carbonyl (C=O) groups excluding carboxylic acids is 1. The number of rotatable bonds is 5. The van der Waals surface area contributed by atoms with Crippen LogP contribution in [0.5, 0.6) is 0 Å². The third-order valence-corrected chi connectivity index (χ3v) is 8.32. The molecular weight excluding hydrogens is 364 g/mol. The van der Waals surface area contributed by atoms with Crippen LogP contribution in [0.15, 0.2) is 0 Å². The molecule has 0 saturated heterocycles. The van der Waals surface area contributed by atoms with Gasteiger partial charge in [-0.1, -0.05) is 48.5 Å². The lowest BCUT2D eigenvalue weighted by Gasteiger charge is -2.47. The molecule has 3 rings (SSSR count). The fourth-order valence-corrected chi connectivity index (χ4v) is 6.76. The minimum Gasteiger partial charge on any atom is -0.390 e. The molecule has 0 aromatic carbocycles. The van der Waals surface area contributed by atoms with Crippen LogP contribution in [-0.2, 0) is 4.79 Å². The second-order valence-electron chi connectivity index (χ2n) is 9.59. The van der Waals surface area contributed by atoms with Crippen LogP contribution in [0.3, 0.4) is 0 Å². The van der Waals surface area contributed by atoms with Crippen molar-refractivity contribution in [2.75, 3.05) is 5.33 Å². The van der Waals surface area contributed by atoms with E-state index >= 15 is 0 Å². The number of hydrogen-bond donors (Lipinski definition) is 1. The van der Waals surface area contributed by atoms with Crippen molar-refractivity contribution in [3.63, 3.8) is 0 Å². The van der Waals surface area contributed by atoms with Crippen molar-refractivity contribution in [1.82, 2.24) is 0 Å². The normalized spacial score (nSPS) is 45.8. The summed E-state index contributed by atoms with van der Waals surface area (Å²) < 4.78 is 0. The van der Waals surface area contributed by atoms with E-state index in [4.69, 9.17) is 0 Å². The van der Waals surface area contributed by atoms with Gasteiger partial charge in [-0.2, -0.15) is 0 Å². The number of carbonyl (C=O) groups is 1. The summed E-state index contributed by atoms with van der Waals surface area (Å²) in [5.41, 5.74) is -0.189. The topological polar surface area (TPSA) is 37.3 Å². The van der Waals surface area contributed by atoms with Gasteiger partial charge in [0.1, 0.15) is 5.78 Å². The molecule has 3 heteroatoms. The lowest BCUT2D eigenvalue weighted by Crippen LogP contribution is -2.41. The van der Waals surface area contributed by atoms with E-state index in [1.54, 1.807) is 0 Å². The number of aliphatic hydroxyl groups is 1. The number of hydrogen-bond acceptors (Lipinski definition) is 2. The van der Waals surface area contributed by atoms with E-state index in [9.17, 15) is 9.90 Å². The van der Waals surface area contributed by atoms with Crippen molar-refractivity contribution < 1.29 is 9.90 Å². The summed E-state index contributed by atoms with van der Waals surface area (Å²) in [4.78, 5) is 12.3. The van der Waals surface area contributed by atoms with Gasteiger partial charge in [-0.15, -0.1) is 0 Å². The summed E-state index contributed by atoms with van der Waals surface area (Å²) in [7, 11) is 0. The molecule has 0 bridgehead atoms. The highest BCUT2D eigenvalue weighted by Crippen LogP contribution is 2.52. The molecule has 6 unspecified atom stereocenters. The summed E-state index contributed by atoms with van der Waals surface area (Å²) in [5, 5.41) is 10.9. The highest BCUT2D eigenvalue weighted by molar-refractivity contribution is 9.09. The average Bonchev–Trinajstić information content (AvgIpc) is 2.93. The van der Waals surface area contributed by atoms with Crippen molar-refractivity contribution in [2.24, 2.45) is 29.1 Å². The number of fused-ring (bicyclic) bond motifs is 1. The predicted octanol–water partition coefficient (Wildman–Crippen LogP) is 5.50. The molecule has 0 amide bonds. The fourth-order valence-electron chi connectivity index (χ4n) is 6.37. The largest absolute Gasteiger partial charge is 0.390 e. The average molecular weight is 399 g/mol. The Kier molecular flexibility index (Phi) is 5.81. The second kappa shape index (κ2) is 7.39. The van der Waals surface area contributed by atoms with Crippen LogP contribution in [-0.4, -0.2) is 21.8 Å². The molecule has 0 aromatic rings. The molecule has 138 valence electrons. The van der Waals surface area contributed by atoms with E-state index in [1.807, 2.05) is 6.92 Å². The van der Waals surface area contributed by atoms with E-state index in [0.29, 0.717) is 11.1 Å². The Labute approximate surface area is 156 Å². The third kappa shape index (κ3) is 3.92. The number of alkyl halides is 1. The van der Waals surface area contributed by atoms with Crippen molar-refractivity contribution in [3.8, 4) is 0 Å². The zero-order valence-corrected chi connectivity index (χ0v) is 17.1. The lowest BCUT2D eigenvalue weighted by molar-refractivity contribution is -0.123. The van der Waals surface area contributed by atoms with Crippen LogP contribution < -0.4 is 0 Å². The van der Waals surface area contributed by atoms with Crippen molar-refractivity contribution in [2.45, 2.75) is 90.1 Å². The minimum atomic E-state index is -0.423. The monoisotopic (exact) mass is 398 g/mol. The molecule has 0 radical (unpaired) electrons. The zero-order chi connectivity index (χ0) is 17.4. The smallest absolute Gasteiger partial charge is 0.147 e. The molecule has 1 N–H and O–H groups in total. The van der Waals surface area contributed by atoms with Gasteiger partial charge in [0.25, 0.3) is 0 Å². The Morgan fingerprint density at radius 3 is 2.67 bits per heavy atom. The van der Waals surface area contributed by atoms with Crippen LogP contribution in [0.25, 0.3) is 0 Å². The van der Waals surface area contributed by atoms with Crippen molar-refractivity contribution in [3.05, 3.63) is 0 Å². The van der Waals surface area contributed by atoms with Gasteiger partial charge >= 0.3 is 0 Å². The molecule has 24 heavy (non-hydrogen) atoms. The highest BCUT2D eigenvalue weighted by Gasteiger charge is 2.45. The molecule has 6 atom stereocenters. The number of halogens is 1. The van der Waals surface area contributed by atoms with E-state index in [1.165, 1.54) is 51.4 Å². The molecular formula is C21H35BrO2. The molecule has 0 aliphatic heterocycles. The summed E-state index contributed by atoms with van der Waals surface area (Å²) >= 11 is 3.39. The fraction of sp³-hybridized carbons (Fsp3) is 0.952. The first-order valence-electron chi connectivity index (χ1n) is 10.2. The SMILES string of the molecule is CC1(O)CCC2C(CCC3(C)CCCC3C(=O)CBr)CCCC2C1. The molecule has 3 aliphatic carbocycles. The summed E-state index contributed by atoms with van der Waals surface area (Å²) in [5.74, 6) is 3.10. The Bertz CT molecular complexity index is 461. The van der Waals surface area contributed by atoms with Crippen molar-refractivity contribution >= 4 is 21.7 Å². The second-order valence-corrected chi connectivity index (χ2v) is 10.2. The van der Waals surface area contributed by atoms with Gasteiger partial charge in [-0.25, -0.2) is 0 Å². The molecule has 2 nitrogen and oxygen atoms in total. The maximum absolute atomic E-state index is 12.3. The molecule has 0 spiro atoms. The summed E-state index contributed by atoms with van der Waals surface area (Å²) in [6.45, 7) is 4.40. The van der Waals surface area contributed by atoms with Gasteiger partial charge in [0.05, 0.1) is 10.9 Å². The first kappa shape index (κ1) is 18.9. The molecule has 3 fully saturated rings. The van der Waals surface area contributed by atoms with Gasteiger partial charge in [-0.05, 0) is 75.0 Å². The summed E-state index contributed by atoms with van der Waals surface area (Å²) in [6.07, 6.45) is 13.3. The molecule has 0 heterocycles. The Morgan fingerprint density at radius 1 is 1.12 bits per heavy atom. The van der Waals surface area contributed by atoms with Crippen molar-refractivity contribution in [1.29, 1.82) is 0 Å². The minimum absolute atomic E-state index is 0.234. The van der Waals surface area contributed by atoms with Crippen LogP contribution in [0, 0.1) is 29.1 Å². The predicted molar refractivity (Wildman–Crippen MR) is 102 cm³/mol. The standard InChI is InChI=1S/C21H35BrO2/c1-20(10-4-7-18(20)19(23)14-22)11-8-15-5-3-6-16-13-21(2,24)12-9-17(15)16/h15-18,24H,3-14H2,1-2H3. The highest BCUT2D eigenvalue weighted by atomic mass is 79.9. The van der Waals surface area contributed by atoms with Gasteiger partial charge < -0.3 is 5.11 Å². The quantitative estimate of drug-likeness (QED) is 0.620. The van der Waals surface area contributed by atoms with Gasteiger partial charge in [0.15, 0.2) is 0 Å². The first-order chi connectivity index (χ1) is 11.3. The lowest BCUT2D eigenvalue weighted by atomic mass is 9.60. The maximum Gasteiger partial charge on any atom is 0.147 e. The number of Topliss-reactive ketones (excluding diaryl/α,β-unsaturated/α-hetero) is 1. The van der Waals surface area contributed by atoms with Gasteiger partial charge in [0, 0.05) is 5.92 Å². The van der Waals surface area contributed by atoms with E-state index in [2.05, 4.69) is 22.9 Å². The molecule has 3 saturated carbocycles. The van der Waals surface area contributed by atoms with Crippen LogP contribution in [0.1, 0.15) is 84.5 Å². The molecule has 3 aliphatic rings. The summed E-state index contributed by atoms with van der Waals surface area (Å²) in [6, 6.07) is 0. The van der Waals surface area contributed by atoms with Gasteiger partial charge in [0.2, 0.25) is 0 Å². The van der Waals surface area contributed by atoms with Crippen LogP contribution in [0.2, 0.25) is 0 Å². The van der Waals surface area contributed by atoms with E-state index in [-0.39, 0.29) is 11.3 Å². The molecule has 0 aromatic heterocycles. The van der Waals surface area contributed by atoms with E-state index < -0.39 is 5.60 Å². The van der Waals surface area contributed by atoms with E-state index in [0.717, 1.165) is 37.0 Å². The Balaban J connectivity index is 1.60. The van der Waals surface area contributed by atoms with Gasteiger partial charge in [-0.3, -0.25) is 4.79 Å². The first-order valence-corrected chi connectivity index (χ1v) is 11.3. The Hall–Kier alpha value is 0.110. The maximum atomic E-state index is 12.3. The van der Waals surface area contributed by atoms with Crippen LogP contribution in [0.4, 0.5) is 0 Å².